The molecule has 0 saturated carbocycles. The Kier molecular flexibility index (Phi) is 8.72. The maximum absolute atomic E-state index is 6.43. The van der Waals surface area contributed by atoms with Gasteiger partial charge in [-0.2, -0.15) is 17.2 Å². The smallest absolute Gasteiger partial charge is 0.509 e. The number of rotatable bonds is 8. The van der Waals surface area contributed by atoms with Crippen molar-refractivity contribution in [1.29, 1.82) is 0 Å². The topological polar surface area (TPSA) is 44.9 Å². The third-order valence-electron chi connectivity index (χ3n) is 8.10. The second-order valence-corrected chi connectivity index (χ2v) is 11.3. The fraction of sp³-hybridized carbons (Fsp3) is 0.179. The second-order valence-electron chi connectivity index (χ2n) is 11.3. The number of ether oxygens (including phenoxy) is 1. The van der Waals surface area contributed by atoms with Crippen LogP contribution in [0.25, 0.3) is 44.4 Å². The summed E-state index contributed by atoms with van der Waals surface area (Å²) < 4.78 is 10.6. The van der Waals surface area contributed by atoms with Crippen LogP contribution in [-0.2, 0) is 33.3 Å². The zero-order chi connectivity index (χ0) is 30.2. The number of benzene rings is 4. The molecule has 0 aliphatic heterocycles. The van der Waals surface area contributed by atoms with Crippen molar-refractivity contribution >= 4 is 21.8 Å². The minimum atomic E-state index is 0. The second kappa shape index (κ2) is 12.9. The molecular formula is C39H34N4OPd. The molecule has 3 heterocycles. The average Bonchev–Trinajstić information content (AvgIpc) is 3.57. The van der Waals surface area contributed by atoms with E-state index in [4.69, 9.17) is 14.8 Å². The van der Waals surface area contributed by atoms with E-state index in [2.05, 4.69) is 110 Å². The normalized spacial score (nSPS) is 11.2. The fourth-order valence-corrected chi connectivity index (χ4v) is 6.02. The summed E-state index contributed by atoms with van der Waals surface area (Å²) >= 11 is 0. The zero-order valence-corrected chi connectivity index (χ0v) is 27.4. The van der Waals surface area contributed by atoms with E-state index in [1.807, 2.05) is 36.5 Å². The summed E-state index contributed by atoms with van der Waals surface area (Å²) in [4.78, 5) is 4.69. The molecule has 0 radical (unpaired) electrons. The van der Waals surface area contributed by atoms with E-state index in [1.165, 1.54) is 22.4 Å². The molecule has 4 aromatic carbocycles. The van der Waals surface area contributed by atoms with E-state index < -0.39 is 0 Å². The molecule has 7 rings (SSSR count). The van der Waals surface area contributed by atoms with E-state index in [-0.39, 0.29) is 20.4 Å². The molecule has 0 fully saturated rings. The van der Waals surface area contributed by atoms with Crippen LogP contribution in [0.1, 0.15) is 42.8 Å². The molecule has 0 atom stereocenters. The van der Waals surface area contributed by atoms with Crippen molar-refractivity contribution in [2.75, 3.05) is 0 Å². The summed E-state index contributed by atoms with van der Waals surface area (Å²) in [5.74, 6) is 2.09. The SMILES string of the molecule is CCCc1c(-c2ccc(C)cc2)c(CC)nn1-c1[c-]c(Oc2[c-]c3c(cc2)c2ccccc2n3-c2cc(C)ccn2)ccc1.[Pd+2]. The number of nitrogens with zero attached hydrogens (tertiary/aromatic N) is 4. The van der Waals surface area contributed by atoms with Crippen LogP contribution in [0, 0.1) is 26.0 Å². The largest absolute Gasteiger partial charge is 2.00 e. The molecule has 0 aliphatic carbocycles. The van der Waals surface area contributed by atoms with Crippen molar-refractivity contribution in [3.05, 3.63) is 132 Å². The number of fused-ring (bicyclic) bond motifs is 3. The number of hydrogen-bond acceptors (Lipinski definition) is 3. The minimum absolute atomic E-state index is 0. The monoisotopic (exact) mass is 680 g/mol. The Bertz CT molecular complexity index is 2120. The summed E-state index contributed by atoms with van der Waals surface area (Å²) in [7, 11) is 0. The number of pyridine rings is 1. The Labute approximate surface area is 278 Å². The maximum atomic E-state index is 6.43. The Morgan fingerprint density at radius 1 is 0.778 bits per heavy atom. The Morgan fingerprint density at radius 2 is 1.58 bits per heavy atom. The van der Waals surface area contributed by atoms with Crippen LogP contribution in [0.15, 0.2) is 97.2 Å². The first kappa shape index (κ1) is 30.5. The average molecular weight is 681 g/mol. The first-order valence-electron chi connectivity index (χ1n) is 15.3. The fourth-order valence-electron chi connectivity index (χ4n) is 6.02. The van der Waals surface area contributed by atoms with Crippen LogP contribution >= 0.6 is 0 Å². The van der Waals surface area contributed by atoms with Gasteiger partial charge in [0.15, 0.2) is 0 Å². The molecule has 0 spiro atoms. The molecule has 0 saturated heterocycles. The third-order valence-corrected chi connectivity index (χ3v) is 8.10. The van der Waals surface area contributed by atoms with Gasteiger partial charge in [-0.1, -0.05) is 73.8 Å². The van der Waals surface area contributed by atoms with Crippen molar-refractivity contribution in [1.82, 2.24) is 19.3 Å². The van der Waals surface area contributed by atoms with E-state index in [0.717, 1.165) is 63.8 Å². The van der Waals surface area contributed by atoms with E-state index in [0.29, 0.717) is 11.5 Å². The summed E-state index contributed by atoms with van der Waals surface area (Å²) in [5.41, 5.74) is 9.99. The van der Waals surface area contributed by atoms with Crippen LogP contribution in [0.5, 0.6) is 11.5 Å². The molecule has 6 heteroatoms. The number of hydrogen-bond donors (Lipinski definition) is 0. The molecular weight excluding hydrogens is 647 g/mol. The summed E-state index contributed by atoms with van der Waals surface area (Å²) in [6.45, 7) is 8.58. The van der Waals surface area contributed by atoms with Crippen LogP contribution in [0.2, 0.25) is 0 Å². The van der Waals surface area contributed by atoms with Gasteiger partial charge in [-0.05, 0) is 67.1 Å². The van der Waals surface area contributed by atoms with Gasteiger partial charge < -0.3 is 9.30 Å². The maximum Gasteiger partial charge on any atom is 2.00 e. The molecule has 5 nitrogen and oxygen atoms in total. The van der Waals surface area contributed by atoms with Gasteiger partial charge in [0.1, 0.15) is 5.82 Å². The van der Waals surface area contributed by atoms with Gasteiger partial charge in [0.25, 0.3) is 0 Å². The van der Waals surface area contributed by atoms with Crippen LogP contribution in [-0.4, -0.2) is 19.3 Å². The quantitative estimate of drug-likeness (QED) is 0.119. The van der Waals surface area contributed by atoms with Crippen molar-refractivity contribution < 1.29 is 25.2 Å². The van der Waals surface area contributed by atoms with Gasteiger partial charge >= 0.3 is 20.4 Å². The van der Waals surface area contributed by atoms with Gasteiger partial charge in [-0.3, -0.25) is 4.68 Å². The summed E-state index contributed by atoms with van der Waals surface area (Å²) in [5, 5.41) is 7.35. The van der Waals surface area contributed by atoms with Crippen LogP contribution in [0.3, 0.4) is 0 Å². The van der Waals surface area contributed by atoms with Gasteiger partial charge in [-0.25, -0.2) is 4.98 Å². The van der Waals surface area contributed by atoms with Crippen molar-refractivity contribution in [2.45, 2.75) is 47.0 Å². The van der Waals surface area contributed by atoms with Gasteiger partial charge in [-0.15, -0.1) is 35.7 Å². The Hall–Kier alpha value is -4.50. The van der Waals surface area contributed by atoms with E-state index >= 15 is 0 Å². The predicted octanol–water partition coefficient (Wildman–Crippen LogP) is 9.55. The van der Waals surface area contributed by atoms with E-state index in [9.17, 15) is 0 Å². The first-order valence-corrected chi connectivity index (χ1v) is 15.3. The number of para-hydroxylation sites is 1. The van der Waals surface area contributed by atoms with E-state index in [1.54, 1.807) is 0 Å². The molecule has 45 heavy (non-hydrogen) atoms. The van der Waals surface area contributed by atoms with Crippen molar-refractivity contribution in [2.24, 2.45) is 0 Å². The number of aryl methyl sites for hydroxylation is 3. The predicted molar refractivity (Wildman–Crippen MR) is 178 cm³/mol. The van der Waals surface area contributed by atoms with Crippen molar-refractivity contribution in [3.63, 3.8) is 0 Å². The zero-order valence-electron chi connectivity index (χ0n) is 25.9. The van der Waals surface area contributed by atoms with Gasteiger partial charge in [0, 0.05) is 34.5 Å². The van der Waals surface area contributed by atoms with Gasteiger partial charge in [0.2, 0.25) is 0 Å². The molecule has 7 aromatic rings. The molecule has 3 aromatic heterocycles. The van der Waals surface area contributed by atoms with Crippen LogP contribution in [0.4, 0.5) is 0 Å². The molecule has 0 unspecified atom stereocenters. The molecule has 0 bridgehead atoms. The van der Waals surface area contributed by atoms with Crippen LogP contribution < -0.4 is 4.74 Å². The molecule has 0 amide bonds. The number of aromatic nitrogens is 4. The van der Waals surface area contributed by atoms with Gasteiger partial charge in [0.05, 0.1) is 5.69 Å². The molecule has 0 N–H and O–H groups in total. The summed E-state index contributed by atoms with van der Waals surface area (Å²) in [6, 6.07) is 38.4. The first-order chi connectivity index (χ1) is 21.5. The standard InChI is InChI=1S/C39H34N4O.Pd/c1-5-10-36-39(28-17-15-26(3)16-18-28)34(6-2)41-43(36)29-11-9-12-30(24-29)44-31-19-20-33-32-13-7-8-14-35(32)42(37(33)25-31)38-23-27(4)21-22-40-38;/h7-9,11-23H,5-6,10H2,1-4H3;/q-2;+2. The Balaban J connectivity index is 0.00000357. The Morgan fingerprint density at radius 3 is 2.36 bits per heavy atom. The minimum Gasteiger partial charge on any atom is -0.509 e. The molecule has 0 aliphatic rings. The van der Waals surface area contributed by atoms with Crippen molar-refractivity contribution in [3.8, 4) is 34.1 Å². The third kappa shape index (κ3) is 5.73. The molecule has 226 valence electrons. The summed E-state index contributed by atoms with van der Waals surface area (Å²) in [6.07, 6.45) is 4.63.